The number of fused-ring (bicyclic) bond motifs is 2. The number of ether oxygens (including phenoxy) is 2. The van der Waals surface area contributed by atoms with E-state index in [0.29, 0.717) is 0 Å². The van der Waals surface area contributed by atoms with E-state index in [4.69, 9.17) is 14.6 Å². The van der Waals surface area contributed by atoms with Crippen molar-refractivity contribution >= 4 is 5.97 Å². The molecule has 4 nitrogen and oxygen atoms in total. The van der Waals surface area contributed by atoms with Gasteiger partial charge in [0, 0.05) is 0 Å². The van der Waals surface area contributed by atoms with Gasteiger partial charge in [-0.1, -0.05) is 64.0 Å². The molecule has 3 atom stereocenters. The normalized spacial score (nSPS) is 22.8. The second-order valence-corrected chi connectivity index (χ2v) is 8.85. The molecule has 2 aliphatic rings. The van der Waals surface area contributed by atoms with Crippen molar-refractivity contribution in [3.63, 3.8) is 0 Å². The van der Waals surface area contributed by atoms with Crippen molar-refractivity contribution < 1.29 is 19.4 Å². The molecule has 0 saturated heterocycles. The van der Waals surface area contributed by atoms with Crippen molar-refractivity contribution in [2.24, 2.45) is 17.8 Å². The molecule has 1 fully saturated rings. The van der Waals surface area contributed by atoms with Crippen LogP contribution in [-0.2, 0) is 22.4 Å². The van der Waals surface area contributed by atoms with Crippen LogP contribution in [0.1, 0.15) is 75.8 Å². The molecular weight excluding hydrogens is 364 g/mol. The Hall–Kier alpha value is -1.55. The Morgan fingerprint density at radius 2 is 1.93 bits per heavy atom. The average molecular weight is 403 g/mol. The molecule has 0 aliphatic heterocycles. The molecule has 1 aromatic carbocycles. The topological polar surface area (TPSA) is 55.8 Å². The second kappa shape index (κ2) is 11.6. The SMILES string of the molecule is CCCCCCCCC1CCC2Cc3c(cccc3OCC(=O)OCCO)CC12. The molecule has 162 valence electrons. The van der Waals surface area contributed by atoms with Gasteiger partial charge in [0.1, 0.15) is 12.4 Å². The third kappa shape index (κ3) is 6.21. The predicted octanol–water partition coefficient (Wildman–Crippen LogP) is 5.09. The van der Waals surface area contributed by atoms with E-state index in [2.05, 4.69) is 13.0 Å². The third-order valence-corrected chi connectivity index (χ3v) is 6.90. The van der Waals surface area contributed by atoms with Crippen LogP contribution in [0.5, 0.6) is 5.75 Å². The van der Waals surface area contributed by atoms with Gasteiger partial charge in [-0.25, -0.2) is 4.79 Å². The number of aliphatic hydroxyl groups excluding tert-OH is 1. The van der Waals surface area contributed by atoms with Crippen LogP contribution >= 0.6 is 0 Å². The Morgan fingerprint density at radius 1 is 1.10 bits per heavy atom. The highest BCUT2D eigenvalue weighted by atomic mass is 16.6. The van der Waals surface area contributed by atoms with Gasteiger partial charge in [-0.2, -0.15) is 0 Å². The number of benzene rings is 1. The summed E-state index contributed by atoms with van der Waals surface area (Å²) in [6.07, 6.45) is 14.6. The average Bonchev–Trinajstić information content (AvgIpc) is 3.13. The van der Waals surface area contributed by atoms with Crippen LogP contribution in [-0.4, -0.2) is 30.9 Å². The molecular formula is C25H38O4. The summed E-state index contributed by atoms with van der Waals surface area (Å²) in [5.41, 5.74) is 2.70. The van der Waals surface area contributed by atoms with Crippen LogP contribution in [0, 0.1) is 17.8 Å². The fraction of sp³-hybridized carbons (Fsp3) is 0.720. The summed E-state index contributed by atoms with van der Waals surface area (Å²) in [7, 11) is 0. The van der Waals surface area contributed by atoms with E-state index in [1.807, 2.05) is 12.1 Å². The molecule has 0 bridgehead atoms. The molecule has 29 heavy (non-hydrogen) atoms. The van der Waals surface area contributed by atoms with Gasteiger partial charge >= 0.3 is 5.97 Å². The summed E-state index contributed by atoms with van der Waals surface area (Å²) in [6, 6.07) is 6.26. The Balaban J connectivity index is 1.52. The van der Waals surface area contributed by atoms with Crippen molar-refractivity contribution in [3.8, 4) is 5.75 Å². The lowest BCUT2D eigenvalue weighted by molar-refractivity contribution is -0.147. The number of hydrogen-bond donors (Lipinski definition) is 1. The highest BCUT2D eigenvalue weighted by Gasteiger charge is 2.39. The van der Waals surface area contributed by atoms with Gasteiger partial charge in [0.05, 0.1) is 6.61 Å². The minimum atomic E-state index is -0.426. The van der Waals surface area contributed by atoms with Crippen molar-refractivity contribution in [2.45, 2.75) is 77.6 Å². The molecule has 0 spiro atoms. The van der Waals surface area contributed by atoms with E-state index in [1.54, 1.807) is 0 Å². The van der Waals surface area contributed by atoms with E-state index in [0.717, 1.165) is 36.3 Å². The molecule has 4 heteroatoms. The van der Waals surface area contributed by atoms with Crippen LogP contribution in [0.2, 0.25) is 0 Å². The van der Waals surface area contributed by atoms with Gasteiger partial charge in [-0.05, 0) is 60.6 Å². The lowest BCUT2D eigenvalue weighted by Crippen LogP contribution is -2.26. The first-order valence-corrected chi connectivity index (χ1v) is 11.7. The zero-order valence-electron chi connectivity index (χ0n) is 18.0. The van der Waals surface area contributed by atoms with Crippen LogP contribution in [0.25, 0.3) is 0 Å². The zero-order chi connectivity index (χ0) is 20.5. The summed E-state index contributed by atoms with van der Waals surface area (Å²) >= 11 is 0. The van der Waals surface area contributed by atoms with Gasteiger partial charge in [-0.3, -0.25) is 0 Å². The molecule has 1 aromatic rings. The van der Waals surface area contributed by atoms with E-state index < -0.39 is 5.97 Å². The van der Waals surface area contributed by atoms with Crippen molar-refractivity contribution in [3.05, 3.63) is 29.3 Å². The fourth-order valence-electron chi connectivity index (χ4n) is 5.40. The largest absolute Gasteiger partial charge is 0.482 e. The molecule has 0 heterocycles. The maximum atomic E-state index is 11.7. The van der Waals surface area contributed by atoms with Gasteiger partial charge in [0.2, 0.25) is 0 Å². The van der Waals surface area contributed by atoms with Crippen LogP contribution in [0.4, 0.5) is 0 Å². The number of unbranched alkanes of at least 4 members (excludes halogenated alkanes) is 5. The smallest absolute Gasteiger partial charge is 0.344 e. The lowest BCUT2D eigenvalue weighted by Gasteiger charge is -2.32. The maximum absolute atomic E-state index is 11.7. The minimum absolute atomic E-state index is 0.0266. The number of rotatable bonds is 12. The number of carbonyl (C=O) groups is 1. The molecule has 3 rings (SSSR count). The summed E-state index contributed by atoms with van der Waals surface area (Å²) in [4.78, 5) is 11.7. The Morgan fingerprint density at radius 3 is 2.76 bits per heavy atom. The lowest BCUT2D eigenvalue weighted by atomic mass is 9.73. The van der Waals surface area contributed by atoms with Gasteiger partial charge < -0.3 is 14.6 Å². The maximum Gasteiger partial charge on any atom is 0.344 e. The molecule has 1 saturated carbocycles. The number of carbonyl (C=O) groups excluding carboxylic acids is 1. The molecule has 2 aliphatic carbocycles. The van der Waals surface area contributed by atoms with E-state index in [9.17, 15) is 4.79 Å². The summed E-state index contributed by atoms with van der Waals surface area (Å²) in [5.74, 6) is 2.88. The van der Waals surface area contributed by atoms with Crippen LogP contribution in [0.15, 0.2) is 18.2 Å². The Kier molecular flexibility index (Phi) is 8.85. The van der Waals surface area contributed by atoms with Crippen molar-refractivity contribution in [1.29, 1.82) is 0 Å². The molecule has 1 N–H and O–H groups in total. The van der Waals surface area contributed by atoms with Crippen LogP contribution in [0.3, 0.4) is 0 Å². The van der Waals surface area contributed by atoms with E-state index >= 15 is 0 Å². The summed E-state index contributed by atoms with van der Waals surface area (Å²) in [5, 5.41) is 8.75. The first kappa shape index (κ1) is 22.1. The first-order valence-electron chi connectivity index (χ1n) is 11.7. The van der Waals surface area contributed by atoms with Crippen LogP contribution < -0.4 is 4.74 Å². The number of esters is 1. The summed E-state index contributed by atoms with van der Waals surface area (Å²) < 4.78 is 10.7. The predicted molar refractivity (Wildman–Crippen MR) is 115 cm³/mol. The summed E-state index contributed by atoms with van der Waals surface area (Å²) in [6.45, 7) is 2.05. The Labute approximate surface area is 176 Å². The van der Waals surface area contributed by atoms with Crippen molar-refractivity contribution in [2.75, 3.05) is 19.8 Å². The molecule has 3 unspecified atom stereocenters. The highest BCUT2D eigenvalue weighted by molar-refractivity contribution is 5.71. The van der Waals surface area contributed by atoms with Gasteiger partial charge in [-0.15, -0.1) is 0 Å². The quantitative estimate of drug-likeness (QED) is 0.391. The molecule has 0 aromatic heterocycles. The van der Waals surface area contributed by atoms with Gasteiger partial charge in [0.25, 0.3) is 0 Å². The zero-order valence-corrected chi connectivity index (χ0v) is 18.0. The number of aliphatic hydroxyl groups is 1. The monoisotopic (exact) mass is 402 g/mol. The third-order valence-electron chi connectivity index (χ3n) is 6.90. The Bertz CT molecular complexity index is 642. The number of hydrogen-bond acceptors (Lipinski definition) is 4. The molecule has 0 amide bonds. The van der Waals surface area contributed by atoms with E-state index in [1.165, 1.54) is 68.9 Å². The van der Waals surface area contributed by atoms with E-state index in [-0.39, 0.29) is 19.8 Å². The van der Waals surface area contributed by atoms with Crippen molar-refractivity contribution in [1.82, 2.24) is 0 Å². The highest BCUT2D eigenvalue weighted by Crippen LogP contribution is 2.48. The minimum Gasteiger partial charge on any atom is -0.482 e. The second-order valence-electron chi connectivity index (χ2n) is 8.85. The fourth-order valence-corrected chi connectivity index (χ4v) is 5.40. The molecule has 0 radical (unpaired) electrons. The standard InChI is InChI=1S/C25H38O4/c1-2-3-4-5-6-7-9-19-12-13-21-17-23-20(16-22(19)21)10-8-11-24(23)29-18-25(27)28-15-14-26/h8,10-11,19,21-22,26H,2-7,9,12-18H2,1H3. The van der Waals surface area contributed by atoms with Gasteiger partial charge in [0.15, 0.2) is 6.61 Å². The first-order chi connectivity index (χ1) is 14.2.